The summed E-state index contributed by atoms with van der Waals surface area (Å²) in [6.07, 6.45) is -0.729. The second kappa shape index (κ2) is 4.46. The predicted molar refractivity (Wildman–Crippen MR) is 70.1 cm³/mol. The molecule has 2 N–H and O–H groups in total. The first-order valence-corrected chi connectivity index (χ1v) is 5.86. The Morgan fingerprint density at radius 1 is 1.42 bits per heavy atom. The maximum Gasteiger partial charge on any atom is 0.421 e. The minimum Gasteiger partial charge on any atom is -0.482 e. The Morgan fingerprint density at radius 3 is 2.74 bits per heavy atom. The van der Waals surface area contributed by atoms with E-state index in [1.54, 1.807) is 32.9 Å². The Labute approximate surface area is 111 Å². The predicted octanol–water partition coefficient (Wildman–Crippen LogP) is 1.93. The maximum absolute atomic E-state index is 12.1. The van der Waals surface area contributed by atoms with Crippen molar-refractivity contribution in [2.75, 3.05) is 17.2 Å². The van der Waals surface area contributed by atoms with Crippen molar-refractivity contribution >= 4 is 23.4 Å². The fraction of sp³-hybridized carbons (Fsp3) is 0.385. The molecule has 6 nitrogen and oxygen atoms in total. The molecule has 1 aliphatic rings. The number of hydrogen-bond acceptors (Lipinski definition) is 5. The lowest BCUT2D eigenvalue weighted by atomic mass is 10.2. The molecule has 0 fully saturated rings. The third-order valence-corrected chi connectivity index (χ3v) is 2.40. The van der Waals surface area contributed by atoms with Crippen molar-refractivity contribution in [1.29, 1.82) is 0 Å². The number of nitrogens with two attached hydrogens (primary N) is 1. The molecule has 0 bridgehead atoms. The SMILES string of the molecule is CC(C)(C)OC(=O)N1C(=O)COc2ccc(N)cc21. The molecule has 19 heavy (non-hydrogen) atoms. The molecule has 1 aromatic rings. The lowest BCUT2D eigenvalue weighted by Gasteiger charge is -2.30. The minimum atomic E-state index is -0.729. The van der Waals surface area contributed by atoms with Crippen LogP contribution in [0.25, 0.3) is 0 Å². The monoisotopic (exact) mass is 264 g/mol. The Hall–Kier alpha value is -2.24. The fourth-order valence-electron chi connectivity index (χ4n) is 1.68. The van der Waals surface area contributed by atoms with Gasteiger partial charge in [-0.2, -0.15) is 0 Å². The number of hydrogen-bond donors (Lipinski definition) is 1. The van der Waals surface area contributed by atoms with Crippen LogP contribution in [0.2, 0.25) is 0 Å². The van der Waals surface area contributed by atoms with Crippen molar-refractivity contribution in [3.8, 4) is 5.75 Å². The number of nitrogens with zero attached hydrogens (tertiary/aromatic N) is 1. The molecule has 1 aliphatic heterocycles. The molecule has 0 radical (unpaired) electrons. The van der Waals surface area contributed by atoms with Gasteiger partial charge in [-0.1, -0.05) is 0 Å². The van der Waals surface area contributed by atoms with Gasteiger partial charge in [0.25, 0.3) is 5.91 Å². The first-order chi connectivity index (χ1) is 8.78. The van der Waals surface area contributed by atoms with Gasteiger partial charge in [-0.05, 0) is 39.0 Å². The van der Waals surface area contributed by atoms with E-state index in [1.807, 2.05) is 0 Å². The molecule has 0 saturated heterocycles. The number of ether oxygens (including phenoxy) is 2. The zero-order valence-corrected chi connectivity index (χ0v) is 11.1. The van der Waals surface area contributed by atoms with Crippen LogP contribution < -0.4 is 15.4 Å². The largest absolute Gasteiger partial charge is 0.482 e. The summed E-state index contributed by atoms with van der Waals surface area (Å²) in [6, 6.07) is 4.77. The van der Waals surface area contributed by atoms with Crippen LogP contribution in [0.15, 0.2) is 18.2 Å². The molecule has 2 rings (SSSR count). The van der Waals surface area contributed by atoms with Gasteiger partial charge in [-0.15, -0.1) is 0 Å². The molecule has 102 valence electrons. The molecule has 6 heteroatoms. The molecular formula is C13H16N2O4. The van der Waals surface area contributed by atoms with E-state index in [4.69, 9.17) is 15.2 Å². The quantitative estimate of drug-likeness (QED) is 0.724. The highest BCUT2D eigenvalue weighted by Crippen LogP contribution is 2.34. The second-order valence-electron chi connectivity index (χ2n) is 5.23. The molecule has 1 heterocycles. The summed E-state index contributed by atoms with van der Waals surface area (Å²) >= 11 is 0. The van der Waals surface area contributed by atoms with Crippen LogP contribution >= 0.6 is 0 Å². The first-order valence-electron chi connectivity index (χ1n) is 5.86. The molecule has 0 unspecified atom stereocenters. The van der Waals surface area contributed by atoms with E-state index in [0.29, 0.717) is 17.1 Å². The summed E-state index contributed by atoms with van der Waals surface area (Å²) < 4.78 is 10.5. The number of imide groups is 1. The average molecular weight is 264 g/mol. The van der Waals surface area contributed by atoms with Gasteiger partial charge < -0.3 is 15.2 Å². The highest BCUT2D eigenvalue weighted by atomic mass is 16.6. The smallest absolute Gasteiger partial charge is 0.421 e. The third kappa shape index (κ3) is 2.78. The summed E-state index contributed by atoms with van der Waals surface area (Å²) in [5, 5.41) is 0. The van der Waals surface area contributed by atoms with Crippen molar-refractivity contribution in [2.24, 2.45) is 0 Å². The number of benzene rings is 1. The van der Waals surface area contributed by atoms with Gasteiger partial charge in [0.15, 0.2) is 6.61 Å². The number of nitrogen functional groups attached to an aromatic ring is 1. The second-order valence-corrected chi connectivity index (χ2v) is 5.23. The lowest BCUT2D eigenvalue weighted by molar-refractivity contribution is -0.121. The van der Waals surface area contributed by atoms with Gasteiger partial charge in [0.05, 0.1) is 5.69 Å². The van der Waals surface area contributed by atoms with E-state index < -0.39 is 17.6 Å². The number of rotatable bonds is 0. The van der Waals surface area contributed by atoms with Crippen LogP contribution in [0.3, 0.4) is 0 Å². The lowest BCUT2D eigenvalue weighted by Crippen LogP contribution is -2.45. The Bertz CT molecular complexity index is 534. The third-order valence-electron chi connectivity index (χ3n) is 2.40. The number of fused-ring (bicyclic) bond motifs is 1. The summed E-state index contributed by atoms with van der Waals surface area (Å²) in [5.41, 5.74) is 5.73. The molecular weight excluding hydrogens is 248 g/mol. The normalized spacial score (nSPS) is 14.7. The van der Waals surface area contributed by atoms with E-state index >= 15 is 0 Å². The zero-order chi connectivity index (χ0) is 14.2. The van der Waals surface area contributed by atoms with Gasteiger partial charge in [0.1, 0.15) is 11.4 Å². The Kier molecular flexibility index (Phi) is 3.09. The van der Waals surface area contributed by atoms with Crippen LogP contribution in [-0.2, 0) is 9.53 Å². The van der Waals surface area contributed by atoms with Gasteiger partial charge >= 0.3 is 6.09 Å². The highest BCUT2D eigenvalue weighted by Gasteiger charge is 2.34. The van der Waals surface area contributed by atoms with Crippen molar-refractivity contribution in [1.82, 2.24) is 0 Å². The summed E-state index contributed by atoms with van der Waals surface area (Å²) in [5.74, 6) is -0.0491. The van der Waals surface area contributed by atoms with E-state index in [1.165, 1.54) is 6.07 Å². The maximum atomic E-state index is 12.1. The van der Waals surface area contributed by atoms with E-state index in [-0.39, 0.29) is 6.61 Å². The van der Waals surface area contributed by atoms with Gasteiger partial charge in [0.2, 0.25) is 0 Å². The number of amides is 2. The Morgan fingerprint density at radius 2 is 2.11 bits per heavy atom. The first kappa shape index (κ1) is 13.2. The summed E-state index contributed by atoms with van der Waals surface area (Å²) in [7, 11) is 0. The zero-order valence-electron chi connectivity index (χ0n) is 11.1. The number of carbonyl (C=O) groups is 2. The molecule has 0 spiro atoms. The van der Waals surface area contributed by atoms with Crippen LogP contribution in [0.5, 0.6) is 5.75 Å². The number of carbonyl (C=O) groups excluding carboxylic acids is 2. The van der Waals surface area contributed by atoms with Crippen LogP contribution in [0, 0.1) is 0 Å². The van der Waals surface area contributed by atoms with Crippen molar-refractivity contribution in [2.45, 2.75) is 26.4 Å². The molecule has 1 aromatic carbocycles. The van der Waals surface area contributed by atoms with E-state index in [9.17, 15) is 9.59 Å². The van der Waals surface area contributed by atoms with Crippen LogP contribution in [0.4, 0.5) is 16.2 Å². The number of anilines is 2. The van der Waals surface area contributed by atoms with Gasteiger partial charge in [-0.25, -0.2) is 9.69 Å². The standard InChI is InChI=1S/C13H16N2O4/c1-13(2,3)19-12(17)15-9-6-8(14)4-5-10(9)18-7-11(15)16/h4-6H,7,14H2,1-3H3. The van der Waals surface area contributed by atoms with Gasteiger partial charge in [0, 0.05) is 5.69 Å². The van der Waals surface area contributed by atoms with E-state index in [0.717, 1.165) is 4.90 Å². The molecule has 0 saturated carbocycles. The molecule has 0 aliphatic carbocycles. The van der Waals surface area contributed by atoms with Gasteiger partial charge in [-0.3, -0.25) is 4.79 Å². The fourth-order valence-corrected chi connectivity index (χ4v) is 1.68. The van der Waals surface area contributed by atoms with Crippen molar-refractivity contribution < 1.29 is 19.1 Å². The van der Waals surface area contributed by atoms with E-state index in [2.05, 4.69) is 0 Å². The van der Waals surface area contributed by atoms with Crippen molar-refractivity contribution in [3.05, 3.63) is 18.2 Å². The Balaban J connectivity index is 2.37. The topological polar surface area (TPSA) is 81.9 Å². The van der Waals surface area contributed by atoms with Crippen LogP contribution in [-0.4, -0.2) is 24.2 Å². The average Bonchev–Trinajstić information content (AvgIpc) is 2.25. The van der Waals surface area contributed by atoms with Crippen LogP contribution in [0.1, 0.15) is 20.8 Å². The molecule has 0 atom stereocenters. The molecule has 2 amide bonds. The summed E-state index contributed by atoms with van der Waals surface area (Å²) in [6.45, 7) is 5.00. The summed E-state index contributed by atoms with van der Waals surface area (Å²) in [4.78, 5) is 24.9. The van der Waals surface area contributed by atoms with Crippen molar-refractivity contribution in [3.63, 3.8) is 0 Å². The molecule has 0 aromatic heterocycles. The highest BCUT2D eigenvalue weighted by molar-refractivity contribution is 6.15. The minimum absolute atomic E-state index is 0.198.